The standard InChI is InChI=1S/C26H31FN2O5/c1-18(2)17-33-22-9-5-20(6-10-22)16-29-23(15-19-3-7-21(27)8-4-19)26(34-25(29)32)11-13-28(14-12-26)24(30)31/h3-10,18,23H,11-17H2,1-2H3,(H,30,31). The Bertz CT molecular complexity index is 1000. The summed E-state index contributed by atoms with van der Waals surface area (Å²) in [5.41, 5.74) is 1.06. The molecule has 2 saturated heterocycles. The van der Waals surface area contributed by atoms with Crippen LogP contribution in [0.2, 0.25) is 0 Å². The molecule has 2 aliphatic rings. The fourth-order valence-electron chi connectivity index (χ4n) is 4.69. The molecule has 0 aromatic heterocycles. The quantitative estimate of drug-likeness (QED) is 0.620. The summed E-state index contributed by atoms with van der Waals surface area (Å²) in [6.45, 7) is 5.78. The molecule has 2 aliphatic heterocycles. The molecule has 2 amide bonds. The Hall–Kier alpha value is -3.29. The van der Waals surface area contributed by atoms with Crippen molar-refractivity contribution in [3.05, 3.63) is 65.5 Å². The van der Waals surface area contributed by atoms with Gasteiger partial charge in [-0.2, -0.15) is 0 Å². The summed E-state index contributed by atoms with van der Waals surface area (Å²) >= 11 is 0. The third-order valence-corrected chi connectivity index (χ3v) is 6.59. The summed E-state index contributed by atoms with van der Waals surface area (Å²) in [6, 6.07) is 13.6. The lowest BCUT2D eigenvalue weighted by molar-refractivity contribution is -0.0176. The monoisotopic (exact) mass is 470 g/mol. The first-order chi connectivity index (χ1) is 16.3. The van der Waals surface area contributed by atoms with Gasteiger partial charge in [-0.15, -0.1) is 0 Å². The van der Waals surface area contributed by atoms with Crippen LogP contribution in [-0.4, -0.2) is 58.4 Å². The Kier molecular flexibility index (Phi) is 6.95. The van der Waals surface area contributed by atoms with E-state index in [-0.39, 0.29) is 11.9 Å². The predicted molar refractivity (Wildman–Crippen MR) is 124 cm³/mol. The molecule has 2 aromatic carbocycles. The van der Waals surface area contributed by atoms with Crippen molar-refractivity contribution in [3.8, 4) is 5.75 Å². The van der Waals surface area contributed by atoms with Gasteiger partial charge in [0.15, 0.2) is 0 Å². The molecule has 7 nitrogen and oxygen atoms in total. The Labute approximate surface area is 199 Å². The summed E-state index contributed by atoms with van der Waals surface area (Å²) in [7, 11) is 0. The molecule has 2 aromatic rings. The number of hydrogen-bond donors (Lipinski definition) is 1. The number of piperidine rings is 1. The lowest BCUT2D eigenvalue weighted by Crippen LogP contribution is -2.54. The van der Waals surface area contributed by atoms with E-state index in [1.165, 1.54) is 17.0 Å². The highest BCUT2D eigenvalue weighted by molar-refractivity contribution is 5.72. The van der Waals surface area contributed by atoms with Crippen molar-refractivity contribution in [1.29, 1.82) is 0 Å². The maximum absolute atomic E-state index is 13.5. The van der Waals surface area contributed by atoms with Crippen LogP contribution in [0.4, 0.5) is 14.0 Å². The smallest absolute Gasteiger partial charge is 0.411 e. The predicted octanol–water partition coefficient (Wildman–Crippen LogP) is 4.94. The van der Waals surface area contributed by atoms with Crippen molar-refractivity contribution in [2.24, 2.45) is 5.92 Å². The normalized spacial score (nSPS) is 19.5. The van der Waals surface area contributed by atoms with E-state index in [9.17, 15) is 19.1 Å². The van der Waals surface area contributed by atoms with E-state index in [4.69, 9.17) is 9.47 Å². The van der Waals surface area contributed by atoms with Crippen LogP contribution >= 0.6 is 0 Å². The van der Waals surface area contributed by atoms with Gasteiger partial charge < -0.3 is 19.5 Å². The Balaban J connectivity index is 1.55. The summed E-state index contributed by atoms with van der Waals surface area (Å²) in [5, 5.41) is 9.35. The largest absolute Gasteiger partial charge is 0.493 e. The molecule has 1 atom stereocenters. The van der Waals surface area contributed by atoms with Crippen LogP contribution in [0.3, 0.4) is 0 Å². The van der Waals surface area contributed by atoms with Gasteiger partial charge in [0.2, 0.25) is 0 Å². The zero-order valence-electron chi connectivity index (χ0n) is 19.6. The lowest BCUT2D eigenvalue weighted by Gasteiger charge is -2.41. The topological polar surface area (TPSA) is 79.3 Å². The molecule has 1 N–H and O–H groups in total. The molecule has 34 heavy (non-hydrogen) atoms. The number of hydrogen-bond acceptors (Lipinski definition) is 4. The van der Waals surface area contributed by atoms with Crippen molar-refractivity contribution in [2.75, 3.05) is 19.7 Å². The number of ether oxygens (including phenoxy) is 2. The zero-order valence-corrected chi connectivity index (χ0v) is 19.6. The van der Waals surface area contributed by atoms with Gasteiger partial charge in [0.25, 0.3) is 0 Å². The number of halogens is 1. The fraction of sp³-hybridized carbons (Fsp3) is 0.462. The molecule has 0 bridgehead atoms. The Morgan fingerprint density at radius 1 is 1.12 bits per heavy atom. The highest BCUT2D eigenvalue weighted by Crippen LogP contribution is 2.41. The molecule has 0 saturated carbocycles. The van der Waals surface area contributed by atoms with E-state index in [1.54, 1.807) is 17.0 Å². The molecule has 0 radical (unpaired) electrons. The average Bonchev–Trinajstić information content (AvgIpc) is 3.05. The molecular weight excluding hydrogens is 439 g/mol. The number of nitrogens with zero attached hydrogens (tertiary/aromatic N) is 2. The Morgan fingerprint density at radius 2 is 1.74 bits per heavy atom. The number of benzene rings is 2. The molecule has 1 unspecified atom stereocenters. The molecule has 1 spiro atoms. The van der Waals surface area contributed by atoms with Crippen molar-refractivity contribution in [3.63, 3.8) is 0 Å². The first-order valence-electron chi connectivity index (χ1n) is 11.7. The minimum atomic E-state index is -0.967. The van der Waals surface area contributed by atoms with E-state index in [2.05, 4.69) is 13.8 Å². The van der Waals surface area contributed by atoms with E-state index >= 15 is 0 Å². The minimum absolute atomic E-state index is 0.293. The summed E-state index contributed by atoms with van der Waals surface area (Å²) in [6.07, 6.45) is -0.0266. The zero-order chi connectivity index (χ0) is 24.3. The first kappa shape index (κ1) is 23.9. The molecule has 2 heterocycles. The van der Waals surface area contributed by atoms with Crippen LogP contribution in [-0.2, 0) is 17.7 Å². The highest BCUT2D eigenvalue weighted by Gasteiger charge is 2.55. The second-order valence-corrected chi connectivity index (χ2v) is 9.53. The average molecular weight is 471 g/mol. The lowest BCUT2D eigenvalue weighted by atomic mass is 9.81. The SMILES string of the molecule is CC(C)COc1ccc(CN2C(=O)OC3(CCN(C(=O)O)CC3)C2Cc2ccc(F)cc2)cc1. The third-order valence-electron chi connectivity index (χ3n) is 6.59. The van der Waals surface area contributed by atoms with Crippen LogP contribution in [0.15, 0.2) is 48.5 Å². The van der Waals surface area contributed by atoms with E-state index in [0.717, 1.165) is 16.9 Å². The summed E-state index contributed by atoms with van der Waals surface area (Å²) in [5.74, 6) is 0.889. The van der Waals surface area contributed by atoms with Crippen LogP contribution < -0.4 is 4.74 Å². The molecule has 2 fully saturated rings. The van der Waals surface area contributed by atoms with Gasteiger partial charge in [0, 0.05) is 32.5 Å². The summed E-state index contributed by atoms with van der Waals surface area (Å²) < 4.78 is 25.2. The summed E-state index contributed by atoms with van der Waals surface area (Å²) in [4.78, 5) is 27.5. The van der Waals surface area contributed by atoms with Gasteiger partial charge in [-0.3, -0.25) is 4.90 Å². The maximum atomic E-state index is 13.5. The van der Waals surface area contributed by atoms with Crippen molar-refractivity contribution in [1.82, 2.24) is 9.80 Å². The second-order valence-electron chi connectivity index (χ2n) is 9.53. The molecule has 8 heteroatoms. The first-order valence-corrected chi connectivity index (χ1v) is 11.7. The Morgan fingerprint density at radius 3 is 2.32 bits per heavy atom. The molecule has 0 aliphatic carbocycles. The number of carboxylic acid groups (broad SMARTS) is 1. The van der Waals surface area contributed by atoms with Gasteiger partial charge >= 0.3 is 12.2 Å². The van der Waals surface area contributed by atoms with Crippen molar-refractivity contribution in [2.45, 2.75) is 51.3 Å². The number of carbonyl (C=O) groups excluding carboxylic acids is 1. The number of likely N-dealkylation sites (tertiary alicyclic amines) is 1. The van der Waals surface area contributed by atoms with Crippen LogP contribution in [0.1, 0.15) is 37.8 Å². The van der Waals surface area contributed by atoms with E-state index < -0.39 is 17.8 Å². The third kappa shape index (κ3) is 5.26. The van der Waals surface area contributed by atoms with Crippen LogP contribution in [0, 0.1) is 11.7 Å². The van der Waals surface area contributed by atoms with Crippen LogP contribution in [0.5, 0.6) is 5.75 Å². The maximum Gasteiger partial charge on any atom is 0.411 e. The highest BCUT2D eigenvalue weighted by atomic mass is 19.1. The van der Waals surface area contributed by atoms with Gasteiger partial charge in [0.1, 0.15) is 17.2 Å². The van der Waals surface area contributed by atoms with E-state index in [1.807, 2.05) is 24.3 Å². The van der Waals surface area contributed by atoms with Crippen LogP contribution in [0.25, 0.3) is 0 Å². The fourth-order valence-corrected chi connectivity index (χ4v) is 4.69. The van der Waals surface area contributed by atoms with Crippen molar-refractivity contribution < 1.29 is 28.6 Å². The van der Waals surface area contributed by atoms with Gasteiger partial charge in [-0.25, -0.2) is 14.0 Å². The van der Waals surface area contributed by atoms with E-state index in [0.29, 0.717) is 51.4 Å². The molecule has 4 rings (SSSR count). The number of rotatable bonds is 7. The van der Waals surface area contributed by atoms with Gasteiger partial charge in [-0.1, -0.05) is 38.1 Å². The second kappa shape index (κ2) is 9.91. The number of carbonyl (C=O) groups is 2. The molecule has 182 valence electrons. The van der Waals surface area contributed by atoms with Crippen molar-refractivity contribution >= 4 is 12.2 Å². The number of amides is 2. The van der Waals surface area contributed by atoms with Gasteiger partial charge in [-0.05, 0) is 47.7 Å². The minimum Gasteiger partial charge on any atom is -0.493 e. The van der Waals surface area contributed by atoms with Gasteiger partial charge in [0.05, 0.1) is 12.6 Å². The molecular formula is C26H31FN2O5.